The molecular formula is C15H15F2N5OS. The maximum absolute atomic E-state index is 13.1. The average molecular weight is 351 g/mol. The largest absolute Gasteiger partial charge is 0.383 e. The first-order chi connectivity index (χ1) is 11.3. The van der Waals surface area contributed by atoms with Crippen molar-refractivity contribution in [1.82, 2.24) is 19.6 Å². The first-order valence-electron chi connectivity index (χ1n) is 7.10. The average Bonchev–Trinajstić information content (AvgIpc) is 2.99. The molecule has 2 N–H and O–H groups in total. The minimum absolute atomic E-state index is 0.0841. The number of anilines is 1. The molecule has 0 aliphatic rings. The summed E-state index contributed by atoms with van der Waals surface area (Å²) in [6, 6.07) is 6.19. The lowest BCUT2D eigenvalue weighted by Crippen LogP contribution is -2.18. The molecule has 126 valence electrons. The minimum atomic E-state index is -3.27. The van der Waals surface area contributed by atoms with Gasteiger partial charge in [-0.25, -0.2) is 9.19 Å². The number of hydrogen-bond donors (Lipinski definition) is 1. The summed E-state index contributed by atoms with van der Waals surface area (Å²) in [5.41, 5.74) is 8.46. The van der Waals surface area contributed by atoms with E-state index in [4.69, 9.17) is 5.73 Å². The number of rotatable bonds is 4. The van der Waals surface area contributed by atoms with Gasteiger partial charge in [-0.15, -0.1) is 0 Å². The van der Waals surface area contributed by atoms with Gasteiger partial charge in [-0.05, 0) is 24.6 Å². The van der Waals surface area contributed by atoms with E-state index < -0.39 is 16.1 Å². The first-order valence-corrected chi connectivity index (χ1v) is 8.25. The van der Waals surface area contributed by atoms with Gasteiger partial charge in [0.2, 0.25) is 0 Å². The Hall–Kier alpha value is -2.42. The molecule has 0 aliphatic carbocycles. The molecule has 2 aromatic heterocycles. The van der Waals surface area contributed by atoms with Crippen molar-refractivity contribution in [2.75, 3.05) is 5.73 Å². The van der Waals surface area contributed by atoms with Gasteiger partial charge in [-0.2, -0.15) is 23.4 Å². The molecule has 3 aromatic rings. The van der Waals surface area contributed by atoms with Crippen molar-refractivity contribution in [3.63, 3.8) is 0 Å². The van der Waals surface area contributed by atoms with Crippen LogP contribution in [0.5, 0.6) is 0 Å². The van der Waals surface area contributed by atoms with Crippen molar-refractivity contribution >= 4 is 22.4 Å². The number of nitrogens with zero attached hydrogens (tertiary/aromatic N) is 4. The highest BCUT2D eigenvalue weighted by atomic mass is 32.2. The van der Waals surface area contributed by atoms with Gasteiger partial charge in [-0.1, -0.05) is 12.1 Å². The predicted molar refractivity (Wildman–Crippen MR) is 86.2 cm³/mol. The van der Waals surface area contributed by atoms with Gasteiger partial charge in [0.1, 0.15) is 22.9 Å². The van der Waals surface area contributed by atoms with E-state index in [0.717, 1.165) is 16.8 Å². The van der Waals surface area contributed by atoms with Crippen LogP contribution in [0.15, 0.2) is 35.5 Å². The zero-order chi connectivity index (χ0) is 17.5. The minimum Gasteiger partial charge on any atom is -0.383 e. The summed E-state index contributed by atoms with van der Waals surface area (Å²) in [7, 11) is -2.37. The molecule has 0 radical (unpaired) electrons. The second kappa shape index (κ2) is 5.90. The number of aromatic nitrogens is 4. The fraction of sp³-hybridized carbons (Fsp3) is 0.267. The topological polar surface area (TPSA) is 86.2 Å². The zero-order valence-electron chi connectivity index (χ0n) is 13.0. The van der Waals surface area contributed by atoms with E-state index in [-0.39, 0.29) is 4.90 Å². The van der Waals surface area contributed by atoms with Crippen molar-refractivity contribution in [3.05, 3.63) is 47.4 Å². The number of nitrogen functional groups attached to an aromatic ring is 1. The summed E-state index contributed by atoms with van der Waals surface area (Å²) >= 11 is 0. The van der Waals surface area contributed by atoms with E-state index in [0.29, 0.717) is 24.9 Å². The Bertz CT molecular complexity index is 918. The van der Waals surface area contributed by atoms with Crippen LogP contribution in [0, 0.1) is 6.92 Å². The van der Waals surface area contributed by atoms with Crippen LogP contribution in [0.25, 0.3) is 5.78 Å². The third kappa shape index (κ3) is 2.99. The molecule has 0 aliphatic heterocycles. The summed E-state index contributed by atoms with van der Waals surface area (Å²) in [5.74, 6) is 0.854. The van der Waals surface area contributed by atoms with Gasteiger partial charge >= 0.3 is 5.25 Å². The van der Waals surface area contributed by atoms with E-state index >= 15 is 0 Å². The van der Waals surface area contributed by atoms with Crippen LogP contribution >= 0.6 is 0 Å². The second-order valence-electron chi connectivity index (χ2n) is 5.43. The second-order valence-corrected chi connectivity index (χ2v) is 7.16. The van der Waals surface area contributed by atoms with E-state index in [2.05, 4.69) is 15.1 Å². The van der Waals surface area contributed by atoms with Crippen LogP contribution in [0.4, 0.5) is 14.6 Å². The van der Waals surface area contributed by atoms with Gasteiger partial charge in [0.15, 0.2) is 0 Å². The molecule has 0 fully saturated rings. The third-order valence-corrected chi connectivity index (χ3v) is 4.97. The lowest BCUT2D eigenvalue weighted by Gasteiger charge is -2.12. The van der Waals surface area contributed by atoms with Crippen molar-refractivity contribution in [2.45, 2.75) is 30.4 Å². The van der Waals surface area contributed by atoms with E-state index in [1.807, 2.05) is 6.92 Å². The predicted octanol–water partition coefficient (Wildman–Crippen LogP) is 2.33. The molecule has 1 unspecified atom stereocenters. The number of hydrogen-bond acceptors (Lipinski definition) is 5. The molecular weight excluding hydrogens is 336 g/mol. The smallest absolute Gasteiger partial charge is 0.322 e. The van der Waals surface area contributed by atoms with Crippen molar-refractivity contribution in [1.29, 1.82) is 0 Å². The summed E-state index contributed by atoms with van der Waals surface area (Å²) < 4.78 is 39.4. The molecule has 3 rings (SSSR count). The van der Waals surface area contributed by atoms with Gasteiger partial charge in [-0.3, -0.25) is 0 Å². The molecule has 24 heavy (non-hydrogen) atoms. The Morgan fingerprint density at radius 1 is 1.29 bits per heavy atom. The van der Waals surface area contributed by atoms with Gasteiger partial charge in [0.05, 0.1) is 0 Å². The molecule has 0 amide bonds. The quantitative estimate of drug-likeness (QED) is 0.780. The Morgan fingerprint density at radius 2 is 1.96 bits per heavy atom. The maximum atomic E-state index is 13.1. The summed E-state index contributed by atoms with van der Waals surface area (Å²) in [4.78, 5) is 8.41. The monoisotopic (exact) mass is 351 g/mol. The van der Waals surface area contributed by atoms with Crippen LogP contribution in [0.1, 0.15) is 23.7 Å². The standard InChI is InChI=1S/C15H15F2N5OS/c1-9-12(13(18)22-14(21-9)19-8-20-22)7-10-3-5-11(6-4-10)24(23)15(2,16)17/h3-6,8H,7,18H2,1-2H3. The summed E-state index contributed by atoms with van der Waals surface area (Å²) in [6.45, 7) is 2.46. The Labute approximate surface area is 139 Å². The van der Waals surface area contributed by atoms with Crippen LogP contribution in [0.3, 0.4) is 0 Å². The number of halogens is 2. The van der Waals surface area contributed by atoms with Crippen LogP contribution in [-0.2, 0) is 17.2 Å². The van der Waals surface area contributed by atoms with Crippen molar-refractivity contribution in [3.8, 4) is 0 Å². The number of fused-ring (bicyclic) bond motifs is 1. The number of aryl methyl sites for hydroxylation is 1. The van der Waals surface area contributed by atoms with Crippen LogP contribution in [-0.4, -0.2) is 29.0 Å². The molecule has 0 spiro atoms. The molecule has 0 saturated heterocycles. The molecule has 2 heterocycles. The number of alkyl halides is 2. The van der Waals surface area contributed by atoms with Crippen LogP contribution < -0.4 is 5.73 Å². The molecule has 1 aromatic carbocycles. The van der Waals surface area contributed by atoms with Crippen LogP contribution in [0.2, 0.25) is 0 Å². The summed E-state index contributed by atoms with van der Waals surface area (Å²) in [5, 5.41) is 0.747. The Kier molecular flexibility index (Phi) is 4.04. The number of benzene rings is 1. The van der Waals surface area contributed by atoms with Gasteiger partial charge in [0.25, 0.3) is 5.78 Å². The SMILES string of the molecule is Cc1nc2ncnn2c(N)c1Cc1ccc(S(=O)C(C)(F)F)cc1. The Balaban J connectivity index is 1.91. The zero-order valence-corrected chi connectivity index (χ0v) is 13.8. The highest BCUT2D eigenvalue weighted by molar-refractivity contribution is 7.86. The third-order valence-electron chi connectivity index (χ3n) is 3.62. The Morgan fingerprint density at radius 3 is 2.58 bits per heavy atom. The molecule has 0 saturated carbocycles. The van der Waals surface area contributed by atoms with Crippen molar-refractivity contribution in [2.24, 2.45) is 0 Å². The van der Waals surface area contributed by atoms with Gasteiger partial charge in [0, 0.05) is 29.5 Å². The molecule has 0 bridgehead atoms. The fourth-order valence-corrected chi connectivity index (χ4v) is 3.17. The van der Waals surface area contributed by atoms with Gasteiger partial charge < -0.3 is 5.73 Å². The van der Waals surface area contributed by atoms with E-state index in [1.165, 1.54) is 23.0 Å². The highest BCUT2D eigenvalue weighted by Crippen LogP contribution is 2.25. The first kappa shape index (κ1) is 16.4. The summed E-state index contributed by atoms with van der Waals surface area (Å²) in [6.07, 6.45) is 1.83. The van der Waals surface area contributed by atoms with E-state index in [9.17, 15) is 13.0 Å². The number of nitrogens with two attached hydrogens (primary N) is 1. The highest BCUT2D eigenvalue weighted by Gasteiger charge is 2.31. The maximum Gasteiger partial charge on any atom is 0.322 e. The molecule has 1 atom stereocenters. The lowest BCUT2D eigenvalue weighted by molar-refractivity contribution is 0.121. The van der Waals surface area contributed by atoms with Crippen molar-refractivity contribution < 1.29 is 13.0 Å². The molecule has 9 heteroatoms. The molecule has 6 nitrogen and oxygen atoms in total. The fourth-order valence-electron chi connectivity index (χ4n) is 2.37. The van der Waals surface area contributed by atoms with E-state index in [1.54, 1.807) is 12.1 Å². The normalized spacial score (nSPS) is 13.3. The lowest BCUT2D eigenvalue weighted by atomic mass is 10.0.